The molecule has 2 aromatic rings. The molecule has 0 spiro atoms. The highest BCUT2D eigenvalue weighted by Gasteiger charge is 2.18. The number of aryl methyl sites for hydroxylation is 1. The Hall–Kier alpha value is -2.48. The van der Waals surface area contributed by atoms with Crippen molar-refractivity contribution in [3.8, 4) is 5.75 Å². The van der Waals surface area contributed by atoms with Crippen LogP contribution in [0.3, 0.4) is 0 Å². The van der Waals surface area contributed by atoms with E-state index < -0.39 is 10.0 Å². The molecule has 0 aliphatic carbocycles. The van der Waals surface area contributed by atoms with Crippen LogP contribution >= 0.6 is 0 Å². The number of sulfonamides is 1. The highest BCUT2D eigenvalue weighted by molar-refractivity contribution is 7.92. The maximum absolute atomic E-state index is 12.4. The summed E-state index contributed by atoms with van der Waals surface area (Å²) in [7, 11) is -2.05. The van der Waals surface area contributed by atoms with E-state index in [4.69, 9.17) is 9.15 Å². The number of carbonyl (C=O) groups is 1. The van der Waals surface area contributed by atoms with Gasteiger partial charge in [-0.15, -0.1) is 0 Å². The van der Waals surface area contributed by atoms with Gasteiger partial charge in [-0.05, 0) is 50.2 Å². The van der Waals surface area contributed by atoms with E-state index in [1.807, 2.05) is 13.8 Å². The molecule has 148 valence electrons. The van der Waals surface area contributed by atoms with Crippen molar-refractivity contribution in [1.29, 1.82) is 0 Å². The Morgan fingerprint density at radius 3 is 2.52 bits per heavy atom. The van der Waals surface area contributed by atoms with Crippen molar-refractivity contribution in [1.82, 2.24) is 5.32 Å². The number of nitrogens with one attached hydrogen (secondary N) is 1. The van der Waals surface area contributed by atoms with Crippen LogP contribution < -0.4 is 14.4 Å². The van der Waals surface area contributed by atoms with Crippen LogP contribution in [0.1, 0.15) is 26.0 Å². The summed E-state index contributed by atoms with van der Waals surface area (Å²) in [5.41, 5.74) is 0.537. The van der Waals surface area contributed by atoms with Gasteiger partial charge < -0.3 is 14.5 Å². The predicted octanol–water partition coefficient (Wildman–Crippen LogP) is 2.58. The molecule has 0 aliphatic rings. The molecule has 1 heterocycles. The molecule has 7 nitrogen and oxygen atoms in total. The number of hydrogen-bond donors (Lipinski definition) is 1. The minimum atomic E-state index is -3.54. The van der Waals surface area contributed by atoms with Gasteiger partial charge in [0.15, 0.2) is 0 Å². The van der Waals surface area contributed by atoms with E-state index in [9.17, 15) is 13.2 Å². The van der Waals surface area contributed by atoms with Gasteiger partial charge in [0.25, 0.3) is 0 Å². The molecule has 0 unspecified atom stereocenters. The number of carbonyl (C=O) groups excluding carboxylic acids is 1. The third-order valence-electron chi connectivity index (χ3n) is 3.85. The van der Waals surface area contributed by atoms with Gasteiger partial charge in [0.05, 0.1) is 23.8 Å². The summed E-state index contributed by atoms with van der Waals surface area (Å²) in [5, 5.41) is 2.63. The Bertz CT molecular complexity index is 814. The van der Waals surface area contributed by atoms with Crippen molar-refractivity contribution in [3.63, 3.8) is 0 Å². The largest absolute Gasteiger partial charge is 0.491 e. The standard InChI is InChI=1S/C19H26N2O5S/c1-15(2)26-18-8-6-16(7-9-18)21(3)27(23,24)14-12-20-19(22)11-10-17-5-4-13-25-17/h4-9,13,15H,10-12,14H2,1-3H3,(H,20,22). The first kappa shape index (κ1) is 20.8. The lowest BCUT2D eigenvalue weighted by molar-refractivity contribution is -0.121. The minimum absolute atomic E-state index is 0.0497. The Morgan fingerprint density at radius 1 is 1.22 bits per heavy atom. The molecule has 27 heavy (non-hydrogen) atoms. The predicted molar refractivity (Wildman–Crippen MR) is 104 cm³/mol. The molecule has 1 aromatic carbocycles. The third kappa shape index (κ3) is 6.63. The van der Waals surface area contributed by atoms with Gasteiger partial charge in [-0.25, -0.2) is 8.42 Å². The fraction of sp³-hybridized carbons (Fsp3) is 0.421. The van der Waals surface area contributed by atoms with Crippen molar-refractivity contribution in [3.05, 3.63) is 48.4 Å². The molecule has 1 aromatic heterocycles. The second-order valence-electron chi connectivity index (χ2n) is 6.37. The molecular formula is C19H26N2O5S. The second kappa shape index (κ2) is 9.45. The number of ether oxygens (including phenoxy) is 1. The van der Waals surface area contributed by atoms with Crippen LogP contribution in [0.15, 0.2) is 47.1 Å². The third-order valence-corrected chi connectivity index (χ3v) is 5.62. The smallest absolute Gasteiger partial charge is 0.236 e. The number of anilines is 1. The number of benzene rings is 1. The van der Waals surface area contributed by atoms with Gasteiger partial charge in [0, 0.05) is 26.4 Å². The van der Waals surface area contributed by atoms with E-state index in [1.165, 1.54) is 11.4 Å². The highest BCUT2D eigenvalue weighted by Crippen LogP contribution is 2.21. The van der Waals surface area contributed by atoms with Gasteiger partial charge in [-0.3, -0.25) is 9.10 Å². The molecule has 0 bridgehead atoms. The van der Waals surface area contributed by atoms with Gasteiger partial charge >= 0.3 is 0 Å². The first-order chi connectivity index (χ1) is 12.8. The number of nitrogens with zero attached hydrogens (tertiary/aromatic N) is 1. The maximum Gasteiger partial charge on any atom is 0.236 e. The zero-order chi connectivity index (χ0) is 19.9. The molecule has 1 amide bonds. The first-order valence-electron chi connectivity index (χ1n) is 8.80. The number of amides is 1. The normalized spacial score (nSPS) is 11.4. The fourth-order valence-electron chi connectivity index (χ4n) is 2.40. The van der Waals surface area contributed by atoms with Gasteiger partial charge in [-0.2, -0.15) is 0 Å². The van der Waals surface area contributed by atoms with Gasteiger partial charge in [-0.1, -0.05) is 0 Å². The molecule has 0 saturated carbocycles. The van der Waals surface area contributed by atoms with Gasteiger partial charge in [0.2, 0.25) is 15.9 Å². The molecule has 8 heteroatoms. The van der Waals surface area contributed by atoms with Crippen LogP contribution in [0.2, 0.25) is 0 Å². The molecular weight excluding hydrogens is 368 g/mol. The van der Waals surface area contributed by atoms with Crippen molar-refractivity contribution >= 4 is 21.6 Å². The highest BCUT2D eigenvalue weighted by atomic mass is 32.2. The Morgan fingerprint density at radius 2 is 1.93 bits per heavy atom. The van der Waals surface area contributed by atoms with E-state index >= 15 is 0 Å². The second-order valence-corrected chi connectivity index (χ2v) is 8.49. The van der Waals surface area contributed by atoms with E-state index in [0.29, 0.717) is 17.9 Å². The SMILES string of the molecule is CC(C)Oc1ccc(N(C)S(=O)(=O)CCNC(=O)CCc2ccco2)cc1. The quantitative estimate of drug-likeness (QED) is 0.669. The van der Waals surface area contributed by atoms with Crippen molar-refractivity contribution in [2.75, 3.05) is 23.7 Å². The lowest BCUT2D eigenvalue weighted by Gasteiger charge is -2.20. The molecule has 0 saturated heterocycles. The summed E-state index contributed by atoms with van der Waals surface area (Å²) in [5.74, 6) is 1.02. The lowest BCUT2D eigenvalue weighted by Crippen LogP contribution is -2.35. The summed E-state index contributed by atoms with van der Waals surface area (Å²) >= 11 is 0. The van der Waals surface area contributed by atoms with E-state index in [-0.39, 0.29) is 30.7 Å². The maximum atomic E-state index is 12.4. The van der Waals surface area contributed by atoms with Crippen LogP contribution in [-0.4, -0.2) is 39.8 Å². The van der Waals surface area contributed by atoms with Crippen LogP contribution in [0, 0.1) is 0 Å². The fourth-order valence-corrected chi connectivity index (χ4v) is 3.48. The number of furan rings is 1. The average molecular weight is 394 g/mol. The van der Waals surface area contributed by atoms with Crippen molar-refractivity contribution in [2.45, 2.75) is 32.8 Å². The monoisotopic (exact) mass is 394 g/mol. The zero-order valence-corrected chi connectivity index (χ0v) is 16.7. The summed E-state index contributed by atoms with van der Waals surface area (Å²) in [6, 6.07) is 10.4. The van der Waals surface area contributed by atoms with Crippen LogP contribution in [0.5, 0.6) is 5.75 Å². The van der Waals surface area contributed by atoms with Crippen molar-refractivity contribution < 1.29 is 22.4 Å². The lowest BCUT2D eigenvalue weighted by atomic mass is 10.2. The first-order valence-corrected chi connectivity index (χ1v) is 10.4. The summed E-state index contributed by atoms with van der Waals surface area (Å²) in [4.78, 5) is 11.8. The van der Waals surface area contributed by atoms with E-state index in [0.717, 1.165) is 5.76 Å². The Balaban J connectivity index is 1.81. The molecule has 0 atom stereocenters. The van der Waals surface area contributed by atoms with Crippen molar-refractivity contribution in [2.24, 2.45) is 0 Å². The van der Waals surface area contributed by atoms with Crippen LogP contribution in [0.4, 0.5) is 5.69 Å². The zero-order valence-electron chi connectivity index (χ0n) is 15.8. The van der Waals surface area contributed by atoms with Crippen LogP contribution in [-0.2, 0) is 21.2 Å². The molecule has 0 fully saturated rings. The molecule has 0 radical (unpaired) electrons. The summed E-state index contributed by atoms with van der Waals surface area (Å²) < 4.78 is 36.8. The number of rotatable bonds is 10. The molecule has 2 rings (SSSR count). The van der Waals surface area contributed by atoms with E-state index in [2.05, 4.69) is 5.32 Å². The summed E-state index contributed by atoms with van der Waals surface area (Å²) in [6.45, 7) is 3.90. The van der Waals surface area contributed by atoms with E-state index in [1.54, 1.807) is 42.7 Å². The van der Waals surface area contributed by atoms with Crippen LogP contribution in [0.25, 0.3) is 0 Å². The molecule has 1 N–H and O–H groups in total. The van der Waals surface area contributed by atoms with Gasteiger partial charge in [0.1, 0.15) is 11.5 Å². The average Bonchev–Trinajstić information content (AvgIpc) is 3.13. The summed E-state index contributed by atoms with van der Waals surface area (Å²) in [6.07, 6.45) is 2.34. The minimum Gasteiger partial charge on any atom is -0.491 e. The number of hydrogen-bond acceptors (Lipinski definition) is 5. The molecule has 0 aliphatic heterocycles. The Kier molecular flexibility index (Phi) is 7.29. The Labute approximate surface area is 160 Å². The topological polar surface area (TPSA) is 88.9 Å².